The van der Waals surface area contributed by atoms with Crippen molar-refractivity contribution in [3.05, 3.63) is 53.1 Å². The molecule has 1 amide bonds. The number of benzene rings is 2. The summed E-state index contributed by atoms with van der Waals surface area (Å²) < 4.78 is 34.0. The maximum Gasteiger partial charge on any atom is 0.264 e. The standard InChI is InChI=1S/C23H27ClN2O4S2/c1-16-6-9-19(10-7-16)32(28,29)26-15-22(30-21-11-8-17(24)14-20(21)26)23(27)25-12-13-31-18-4-2-3-5-18/h6-11,14,18,22H,2-5,12-13,15H2,1H3,(H,25,27). The molecule has 0 radical (unpaired) electrons. The number of hydrogen-bond donors (Lipinski definition) is 1. The SMILES string of the molecule is Cc1ccc(S(=O)(=O)N2CC(C(=O)NCCSC3CCCC3)Oc3ccc(Cl)cc32)cc1. The van der Waals surface area contributed by atoms with Crippen LogP contribution in [-0.4, -0.2) is 44.5 Å². The molecule has 0 spiro atoms. The number of carbonyl (C=O) groups is 1. The van der Waals surface area contributed by atoms with Crippen molar-refractivity contribution in [2.75, 3.05) is 23.1 Å². The Labute approximate surface area is 198 Å². The van der Waals surface area contributed by atoms with Crippen LogP contribution in [0.1, 0.15) is 31.2 Å². The number of thioether (sulfide) groups is 1. The van der Waals surface area contributed by atoms with Gasteiger partial charge in [-0.05, 0) is 50.1 Å². The van der Waals surface area contributed by atoms with Gasteiger partial charge in [0.05, 0.1) is 17.1 Å². The van der Waals surface area contributed by atoms with Gasteiger partial charge in [0, 0.05) is 22.6 Å². The van der Waals surface area contributed by atoms with Crippen LogP contribution in [0, 0.1) is 6.92 Å². The van der Waals surface area contributed by atoms with Crippen LogP contribution in [-0.2, 0) is 14.8 Å². The van der Waals surface area contributed by atoms with Crippen LogP contribution in [0.3, 0.4) is 0 Å². The molecule has 32 heavy (non-hydrogen) atoms. The van der Waals surface area contributed by atoms with E-state index in [1.54, 1.807) is 42.5 Å². The Morgan fingerprint density at radius 3 is 2.62 bits per heavy atom. The second-order valence-electron chi connectivity index (χ2n) is 8.14. The monoisotopic (exact) mass is 494 g/mol. The number of carbonyl (C=O) groups excluding carboxylic acids is 1. The van der Waals surface area contributed by atoms with Gasteiger partial charge in [0.2, 0.25) is 0 Å². The largest absolute Gasteiger partial charge is 0.476 e. The number of amides is 1. The van der Waals surface area contributed by atoms with Crippen molar-refractivity contribution in [2.24, 2.45) is 0 Å². The summed E-state index contributed by atoms with van der Waals surface area (Å²) in [6, 6.07) is 11.4. The molecule has 1 N–H and O–H groups in total. The zero-order valence-corrected chi connectivity index (χ0v) is 20.3. The van der Waals surface area contributed by atoms with Crippen molar-refractivity contribution in [1.82, 2.24) is 5.32 Å². The summed E-state index contributed by atoms with van der Waals surface area (Å²) >= 11 is 8.03. The zero-order valence-electron chi connectivity index (χ0n) is 17.9. The minimum absolute atomic E-state index is 0.120. The van der Waals surface area contributed by atoms with E-state index >= 15 is 0 Å². The third-order valence-corrected chi connectivity index (χ3v) is 9.16. The third-order valence-electron chi connectivity index (χ3n) is 5.75. The average Bonchev–Trinajstić information content (AvgIpc) is 3.29. The summed E-state index contributed by atoms with van der Waals surface area (Å²) in [6.07, 6.45) is 4.12. The number of nitrogens with zero attached hydrogens (tertiary/aromatic N) is 1. The van der Waals surface area contributed by atoms with Gasteiger partial charge in [-0.25, -0.2) is 8.42 Å². The smallest absolute Gasteiger partial charge is 0.264 e. The maximum atomic E-state index is 13.4. The number of anilines is 1. The van der Waals surface area contributed by atoms with E-state index < -0.39 is 16.1 Å². The molecule has 0 aromatic heterocycles. The van der Waals surface area contributed by atoms with Crippen molar-refractivity contribution in [1.29, 1.82) is 0 Å². The number of ether oxygens (including phenoxy) is 1. The van der Waals surface area contributed by atoms with E-state index in [0.29, 0.717) is 28.3 Å². The first-order valence-electron chi connectivity index (χ1n) is 10.8. The number of fused-ring (bicyclic) bond motifs is 1. The van der Waals surface area contributed by atoms with Crippen LogP contribution in [0.15, 0.2) is 47.4 Å². The summed E-state index contributed by atoms with van der Waals surface area (Å²) in [6.45, 7) is 2.30. The van der Waals surface area contributed by atoms with Gasteiger partial charge < -0.3 is 10.1 Å². The quantitative estimate of drug-likeness (QED) is 0.577. The Bertz CT molecular complexity index is 1070. The lowest BCUT2D eigenvalue weighted by atomic mass is 10.2. The van der Waals surface area contributed by atoms with Crippen molar-refractivity contribution >= 4 is 45.0 Å². The summed E-state index contributed by atoms with van der Waals surface area (Å²) in [7, 11) is -3.90. The van der Waals surface area contributed by atoms with Gasteiger partial charge in [0.1, 0.15) is 5.75 Å². The lowest BCUT2D eigenvalue weighted by Crippen LogP contribution is -2.51. The molecule has 1 aliphatic heterocycles. The minimum Gasteiger partial charge on any atom is -0.476 e. The summed E-state index contributed by atoms with van der Waals surface area (Å²) in [5, 5.41) is 3.98. The van der Waals surface area contributed by atoms with Crippen LogP contribution in [0.2, 0.25) is 5.02 Å². The highest BCUT2D eigenvalue weighted by molar-refractivity contribution is 7.99. The molecule has 1 saturated carbocycles. The Hall–Kier alpha value is -1.90. The molecule has 9 heteroatoms. The molecule has 0 bridgehead atoms. The van der Waals surface area contributed by atoms with Crippen LogP contribution in [0.4, 0.5) is 5.69 Å². The molecule has 2 aliphatic rings. The highest BCUT2D eigenvalue weighted by Gasteiger charge is 2.37. The van der Waals surface area contributed by atoms with E-state index in [4.69, 9.17) is 16.3 Å². The number of rotatable bonds is 7. The van der Waals surface area contributed by atoms with Gasteiger partial charge in [-0.3, -0.25) is 9.10 Å². The van der Waals surface area contributed by atoms with Gasteiger partial charge in [-0.1, -0.05) is 42.1 Å². The molecule has 4 rings (SSSR count). The molecule has 1 fully saturated rings. The van der Waals surface area contributed by atoms with Crippen molar-refractivity contribution in [3.8, 4) is 5.75 Å². The van der Waals surface area contributed by atoms with Crippen LogP contribution >= 0.6 is 23.4 Å². The van der Waals surface area contributed by atoms with Crippen LogP contribution in [0.5, 0.6) is 5.75 Å². The Kier molecular flexibility index (Phi) is 7.22. The number of aryl methyl sites for hydroxylation is 1. The van der Waals surface area contributed by atoms with Crippen LogP contribution in [0.25, 0.3) is 0 Å². The van der Waals surface area contributed by atoms with Crippen LogP contribution < -0.4 is 14.4 Å². The maximum absolute atomic E-state index is 13.4. The van der Waals surface area contributed by atoms with E-state index in [2.05, 4.69) is 5.32 Å². The van der Waals surface area contributed by atoms with Crippen molar-refractivity contribution in [2.45, 2.75) is 48.9 Å². The van der Waals surface area contributed by atoms with Gasteiger partial charge in [-0.2, -0.15) is 11.8 Å². The van der Waals surface area contributed by atoms with Crippen molar-refractivity contribution < 1.29 is 17.9 Å². The van der Waals surface area contributed by atoms with E-state index in [0.717, 1.165) is 11.3 Å². The molecule has 1 heterocycles. The molecule has 0 saturated heterocycles. The molecule has 1 aliphatic carbocycles. The number of hydrogen-bond acceptors (Lipinski definition) is 5. The molecular formula is C23H27ClN2O4S2. The van der Waals surface area contributed by atoms with Gasteiger partial charge in [0.25, 0.3) is 15.9 Å². The lowest BCUT2D eigenvalue weighted by molar-refractivity contribution is -0.127. The first-order valence-corrected chi connectivity index (χ1v) is 13.7. The minimum atomic E-state index is -3.90. The summed E-state index contributed by atoms with van der Waals surface area (Å²) in [5.74, 6) is 0.833. The predicted molar refractivity (Wildman–Crippen MR) is 129 cm³/mol. The van der Waals surface area contributed by atoms with E-state index in [9.17, 15) is 13.2 Å². The Balaban J connectivity index is 1.50. The van der Waals surface area contributed by atoms with Gasteiger partial charge in [-0.15, -0.1) is 0 Å². The van der Waals surface area contributed by atoms with Crippen molar-refractivity contribution in [3.63, 3.8) is 0 Å². The third kappa shape index (κ3) is 5.18. The second-order valence-corrected chi connectivity index (χ2v) is 11.8. The number of halogens is 1. The molecule has 2 aromatic rings. The molecule has 6 nitrogen and oxygen atoms in total. The molecule has 1 atom stereocenters. The fourth-order valence-corrected chi connectivity index (χ4v) is 6.85. The molecule has 2 aromatic carbocycles. The number of nitrogens with one attached hydrogen (secondary N) is 1. The number of sulfonamides is 1. The zero-order chi connectivity index (χ0) is 22.7. The summed E-state index contributed by atoms with van der Waals surface area (Å²) in [4.78, 5) is 13.0. The lowest BCUT2D eigenvalue weighted by Gasteiger charge is -2.35. The van der Waals surface area contributed by atoms with E-state index in [-0.39, 0.29) is 17.3 Å². The average molecular weight is 495 g/mol. The van der Waals surface area contributed by atoms with Gasteiger partial charge in [0.15, 0.2) is 6.10 Å². The Morgan fingerprint density at radius 1 is 1.19 bits per heavy atom. The highest BCUT2D eigenvalue weighted by Crippen LogP contribution is 2.39. The predicted octanol–water partition coefficient (Wildman–Crippen LogP) is 4.40. The topological polar surface area (TPSA) is 75.7 Å². The molecule has 172 valence electrons. The Morgan fingerprint density at radius 2 is 1.91 bits per heavy atom. The molecular weight excluding hydrogens is 468 g/mol. The normalized spacial score (nSPS) is 18.8. The second kappa shape index (κ2) is 9.93. The fourth-order valence-electron chi connectivity index (χ4n) is 3.99. The fraction of sp³-hybridized carbons (Fsp3) is 0.435. The summed E-state index contributed by atoms with van der Waals surface area (Å²) in [5.41, 5.74) is 1.29. The highest BCUT2D eigenvalue weighted by atomic mass is 35.5. The van der Waals surface area contributed by atoms with E-state index in [1.807, 2.05) is 18.7 Å². The molecule has 1 unspecified atom stereocenters. The van der Waals surface area contributed by atoms with Gasteiger partial charge >= 0.3 is 0 Å². The first-order chi connectivity index (χ1) is 15.3. The first kappa shape index (κ1) is 23.3. The van der Waals surface area contributed by atoms with E-state index in [1.165, 1.54) is 30.0 Å².